The standard InChI is InChI=1S/C13H26N2O/c1-5-11(2)9-15(4)12(16)13(3)7-6-8-14-10-13/h11,14H,5-10H2,1-4H3. The van der Waals surface area contributed by atoms with Crippen LogP contribution in [0.3, 0.4) is 0 Å². The molecule has 1 N–H and O–H groups in total. The Bertz CT molecular complexity index is 234. The highest BCUT2D eigenvalue weighted by atomic mass is 16.2. The maximum atomic E-state index is 12.4. The Morgan fingerprint density at radius 1 is 1.56 bits per heavy atom. The molecule has 2 unspecified atom stereocenters. The van der Waals surface area contributed by atoms with Gasteiger partial charge in [-0.15, -0.1) is 0 Å². The van der Waals surface area contributed by atoms with E-state index in [0.717, 1.165) is 38.9 Å². The second kappa shape index (κ2) is 5.67. The highest BCUT2D eigenvalue weighted by molar-refractivity contribution is 5.82. The van der Waals surface area contributed by atoms with Crippen molar-refractivity contribution >= 4 is 5.91 Å². The molecule has 1 heterocycles. The number of piperidine rings is 1. The van der Waals surface area contributed by atoms with Crippen molar-refractivity contribution in [3.8, 4) is 0 Å². The van der Waals surface area contributed by atoms with E-state index in [1.54, 1.807) is 0 Å². The van der Waals surface area contributed by atoms with Crippen LogP contribution in [0.25, 0.3) is 0 Å². The van der Waals surface area contributed by atoms with Gasteiger partial charge in [0.2, 0.25) is 5.91 Å². The van der Waals surface area contributed by atoms with Crippen LogP contribution in [0.5, 0.6) is 0 Å². The maximum absolute atomic E-state index is 12.4. The van der Waals surface area contributed by atoms with Crippen molar-refractivity contribution in [3.05, 3.63) is 0 Å². The van der Waals surface area contributed by atoms with Crippen molar-refractivity contribution in [2.24, 2.45) is 11.3 Å². The lowest BCUT2D eigenvalue weighted by Gasteiger charge is -2.36. The summed E-state index contributed by atoms with van der Waals surface area (Å²) in [6, 6.07) is 0. The highest BCUT2D eigenvalue weighted by Gasteiger charge is 2.36. The first-order valence-electron chi connectivity index (χ1n) is 6.46. The molecule has 1 aliphatic heterocycles. The van der Waals surface area contributed by atoms with Gasteiger partial charge in [-0.1, -0.05) is 20.3 Å². The van der Waals surface area contributed by atoms with E-state index in [1.807, 2.05) is 11.9 Å². The topological polar surface area (TPSA) is 32.3 Å². The van der Waals surface area contributed by atoms with Crippen molar-refractivity contribution in [2.45, 2.75) is 40.0 Å². The van der Waals surface area contributed by atoms with Gasteiger partial charge in [0.05, 0.1) is 5.41 Å². The molecule has 0 aromatic heterocycles. The number of nitrogens with one attached hydrogen (secondary N) is 1. The fraction of sp³-hybridized carbons (Fsp3) is 0.923. The van der Waals surface area contributed by atoms with Crippen molar-refractivity contribution in [1.82, 2.24) is 10.2 Å². The second-order valence-corrected chi connectivity index (χ2v) is 5.54. The molecule has 0 bridgehead atoms. The third kappa shape index (κ3) is 3.21. The lowest BCUT2D eigenvalue weighted by atomic mass is 9.81. The summed E-state index contributed by atoms with van der Waals surface area (Å²) >= 11 is 0. The SMILES string of the molecule is CCC(C)CN(C)C(=O)C1(C)CCCNC1. The summed E-state index contributed by atoms with van der Waals surface area (Å²) in [5.41, 5.74) is -0.180. The van der Waals surface area contributed by atoms with E-state index in [4.69, 9.17) is 0 Å². The molecular weight excluding hydrogens is 200 g/mol. The number of carbonyl (C=O) groups excluding carboxylic acids is 1. The molecule has 0 aromatic rings. The summed E-state index contributed by atoms with van der Waals surface area (Å²) in [6.45, 7) is 9.23. The first-order chi connectivity index (χ1) is 7.49. The Morgan fingerprint density at radius 3 is 2.75 bits per heavy atom. The minimum absolute atomic E-state index is 0.180. The lowest BCUT2D eigenvalue weighted by Crippen LogP contribution is -2.49. The van der Waals surface area contributed by atoms with Gasteiger partial charge in [0, 0.05) is 20.1 Å². The van der Waals surface area contributed by atoms with E-state index in [2.05, 4.69) is 26.1 Å². The van der Waals surface area contributed by atoms with Gasteiger partial charge in [-0.05, 0) is 32.2 Å². The van der Waals surface area contributed by atoms with E-state index in [9.17, 15) is 4.79 Å². The van der Waals surface area contributed by atoms with Crippen molar-refractivity contribution in [2.75, 3.05) is 26.7 Å². The molecule has 1 amide bonds. The normalized spacial score (nSPS) is 27.5. The highest BCUT2D eigenvalue weighted by Crippen LogP contribution is 2.27. The first-order valence-corrected chi connectivity index (χ1v) is 6.46. The number of hydrogen-bond donors (Lipinski definition) is 1. The fourth-order valence-electron chi connectivity index (χ4n) is 2.38. The van der Waals surface area contributed by atoms with Gasteiger partial charge in [0.25, 0.3) is 0 Å². The van der Waals surface area contributed by atoms with Crippen LogP contribution in [0.4, 0.5) is 0 Å². The van der Waals surface area contributed by atoms with Crippen LogP contribution in [-0.2, 0) is 4.79 Å². The number of nitrogens with zero attached hydrogens (tertiary/aromatic N) is 1. The first kappa shape index (κ1) is 13.5. The Kier molecular flexibility index (Phi) is 4.78. The molecule has 1 rings (SSSR count). The Balaban J connectivity index is 2.54. The molecular formula is C13H26N2O. The Hall–Kier alpha value is -0.570. The number of carbonyl (C=O) groups is 1. The Morgan fingerprint density at radius 2 is 2.25 bits per heavy atom. The monoisotopic (exact) mass is 226 g/mol. The smallest absolute Gasteiger partial charge is 0.229 e. The summed E-state index contributed by atoms with van der Waals surface area (Å²) < 4.78 is 0. The quantitative estimate of drug-likeness (QED) is 0.794. The summed E-state index contributed by atoms with van der Waals surface area (Å²) in [5, 5.41) is 3.33. The molecule has 16 heavy (non-hydrogen) atoms. The average Bonchev–Trinajstić information content (AvgIpc) is 2.28. The third-order valence-electron chi connectivity index (χ3n) is 3.74. The number of amides is 1. The van der Waals surface area contributed by atoms with Crippen LogP contribution in [-0.4, -0.2) is 37.5 Å². The van der Waals surface area contributed by atoms with Gasteiger partial charge in [-0.2, -0.15) is 0 Å². The van der Waals surface area contributed by atoms with Gasteiger partial charge in [-0.25, -0.2) is 0 Å². The minimum Gasteiger partial charge on any atom is -0.345 e. The van der Waals surface area contributed by atoms with Crippen molar-refractivity contribution in [3.63, 3.8) is 0 Å². The fourth-order valence-corrected chi connectivity index (χ4v) is 2.38. The van der Waals surface area contributed by atoms with Crippen LogP contribution in [0, 0.1) is 11.3 Å². The largest absolute Gasteiger partial charge is 0.345 e. The summed E-state index contributed by atoms with van der Waals surface area (Å²) in [6.07, 6.45) is 3.26. The minimum atomic E-state index is -0.180. The van der Waals surface area contributed by atoms with Crippen LogP contribution >= 0.6 is 0 Å². The van der Waals surface area contributed by atoms with Crippen LogP contribution < -0.4 is 5.32 Å². The molecule has 0 saturated carbocycles. The number of hydrogen-bond acceptors (Lipinski definition) is 2. The van der Waals surface area contributed by atoms with Gasteiger partial charge >= 0.3 is 0 Å². The summed E-state index contributed by atoms with van der Waals surface area (Å²) in [7, 11) is 1.94. The molecule has 3 nitrogen and oxygen atoms in total. The molecule has 94 valence electrons. The van der Waals surface area contributed by atoms with Gasteiger partial charge < -0.3 is 10.2 Å². The predicted octanol–water partition coefficient (Wildman–Crippen LogP) is 1.88. The van der Waals surface area contributed by atoms with E-state index in [-0.39, 0.29) is 5.41 Å². The van der Waals surface area contributed by atoms with E-state index in [1.165, 1.54) is 0 Å². The van der Waals surface area contributed by atoms with E-state index >= 15 is 0 Å². The van der Waals surface area contributed by atoms with E-state index in [0.29, 0.717) is 11.8 Å². The summed E-state index contributed by atoms with van der Waals surface area (Å²) in [5.74, 6) is 0.897. The van der Waals surface area contributed by atoms with Crippen LogP contribution in [0.1, 0.15) is 40.0 Å². The summed E-state index contributed by atoms with van der Waals surface area (Å²) in [4.78, 5) is 14.3. The van der Waals surface area contributed by atoms with Gasteiger partial charge in [0.15, 0.2) is 0 Å². The van der Waals surface area contributed by atoms with Crippen molar-refractivity contribution < 1.29 is 4.79 Å². The van der Waals surface area contributed by atoms with Crippen LogP contribution in [0.15, 0.2) is 0 Å². The van der Waals surface area contributed by atoms with E-state index < -0.39 is 0 Å². The molecule has 1 saturated heterocycles. The third-order valence-corrected chi connectivity index (χ3v) is 3.74. The zero-order valence-electron chi connectivity index (χ0n) is 11.2. The maximum Gasteiger partial charge on any atom is 0.229 e. The van der Waals surface area contributed by atoms with Crippen LogP contribution in [0.2, 0.25) is 0 Å². The van der Waals surface area contributed by atoms with Crippen molar-refractivity contribution in [1.29, 1.82) is 0 Å². The molecule has 3 heteroatoms. The second-order valence-electron chi connectivity index (χ2n) is 5.54. The molecule has 1 aliphatic rings. The molecule has 1 fully saturated rings. The molecule has 0 aromatic carbocycles. The number of rotatable bonds is 4. The predicted molar refractivity (Wildman–Crippen MR) is 67.3 cm³/mol. The zero-order valence-corrected chi connectivity index (χ0v) is 11.2. The molecule has 0 radical (unpaired) electrons. The average molecular weight is 226 g/mol. The Labute approximate surface area is 99.6 Å². The van der Waals surface area contributed by atoms with Gasteiger partial charge in [0.1, 0.15) is 0 Å². The molecule has 0 spiro atoms. The zero-order chi connectivity index (χ0) is 12.2. The lowest BCUT2D eigenvalue weighted by molar-refractivity contribution is -0.141. The molecule has 0 aliphatic carbocycles. The molecule has 2 atom stereocenters. The van der Waals surface area contributed by atoms with Gasteiger partial charge in [-0.3, -0.25) is 4.79 Å².